The molecular weight excluding hydrogens is 276 g/mol. The van der Waals surface area contributed by atoms with E-state index in [0.29, 0.717) is 17.3 Å². The first-order valence-corrected chi connectivity index (χ1v) is 6.81. The molecule has 0 aliphatic carbocycles. The number of carbonyl (C=O) groups is 1. The molecule has 1 N–H and O–H groups in total. The van der Waals surface area contributed by atoms with E-state index in [4.69, 9.17) is 11.6 Å². The summed E-state index contributed by atoms with van der Waals surface area (Å²) in [6.07, 6.45) is 2.50. The fraction of sp³-hybridized carbons (Fsp3) is 0.357. The van der Waals surface area contributed by atoms with Crippen LogP contribution in [-0.4, -0.2) is 20.7 Å². The summed E-state index contributed by atoms with van der Waals surface area (Å²) in [5, 5.41) is 7.35. The minimum Gasteiger partial charge on any atom is -0.348 e. The molecule has 0 aromatic carbocycles. The van der Waals surface area contributed by atoms with Gasteiger partial charge in [0.1, 0.15) is 5.15 Å². The van der Waals surface area contributed by atoms with E-state index in [1.54, 1.807) is 23.0 Å². The van der Waals surface area contributed by atoms with E-state index in [-0.39, 0.29) is 5.91 Å². The van der Waals surface area contributed by atoms with Crippen LogP contribution in [0.1, 0.15) is 34.2 Å². The summed E-state index contributed by atoms with van der Waals surface area (Å²) in [7, 11) is 1.87. The summed E-state index contributed by atoms with van der Waals surface area (Å²) in [6, 6.07) is 3.34. The van der Waals surface area contributed by atoms with Crippen LogP contribution in [-0.2, 0) is 20.0 Å². The van der Waals surface area contributed by atoms with Crippen molar-refractivity contribution in [3.63, 3.8) is 0 Å². The minimum atomic E-state index is -0.160. The number of nitrogens with zero attached hydrogens (tertiary/aromatic N) is 3. The fourth-order valence-corrected chi connectivity index (χ4v) is 2.08. The number of nitrogens with one attached hydrogen (secondary N) is 1. The van der Waals surface area contributed by atoms with Crippen LogP contribution in [0.15, 0.2) is 18.3 Å². The molecule has 0 spiro atoms. The maximum Gasteiger partial charge on any atom is 0.251 e. The Hall–Kier alpha value is -1.88. The highest BCUT2D eigenvalue weighted by atomic mass is 35.5. The van der Waals surface area contributed by atoms with Crippen LogP contribution in [0.25, 0.3) is 0 Å². The molecule has 0 saturated heterocycles. The van der Waals surface area contributed by atoms with Gasteiger partial charge in [-0.05, 0) is 25.5 Å². The Morgan fingerprint density at radius 2 is 2.20 bits per heavy atom. The van der Waals surface area contributed by atoms with E-state index in [9.17, 15) is 4.79 Å². The van der Waals surface area contributed by atoms with E-state index in [1.165, 1.54) is 0 Å². The average Bonchev–Trinajstić information content (AvgIpc) is 2.75. The van der Waals surface area contributed by atoms with Gasteiger partial charge in [0.2, 0.25) is 0 Å². The largest absolute Gasteiger partial charge is 0.348 e. The monoisotopic (exact) mass is 292 g/mol. The van der Waals surface area contributed by atoms with Gasteiger partial charge in [0.05, 0.1) is 6.20 Å². The molecule has 0 saturated carbocycles. The van der Waals surface area contributed by atoms with E-state index < -0.39 is 0 Å². The second-order valence-corrected chi connectivity index (χ2v) is 4.97. The van der Waals surface area contributed by atoms with Crippen molar-refractivity contribution >= 4 is 17.5 Å². The topological polar surface area (TPSA) is 59.8 Å². The maximum atomic E-state index is 12.1. The Balaban J connectivity index is 2.09. The molecule has 0 radical (unpaired) electrons. The lowest BCUT2D eigenvalue weighted by molar-refractivity contribution is 0.0950. The number of hydrogen-bond donors (Lipinski definition) is 1. The second kappa shape index (κ2) is 6.05. The molecule has 2 rings (SSSR count). The fourth-order valence-electron chi connectivity index (χ4n) is 1.86. The van der Waals surface area contributed by atoms with Gasteiger partial charge in [-0.25, -0.2) is 4.98 Å². The smallest absolute Gasteiger partial charge is 0.251 e. The first-order chi connectivity index (χ1) is 9.51. The Labute approximate surface area is 123 Å². The molecule has 1 amide bonds. The van der Waals surface area contributed by atoms with Gasteiger partial charge in [-0.3, -0.25) is 9.48 Å². The van der Waals surface area contributed by atoms with Crippen molar-refractivity contribution in [1.29, 1.82) is 0 Å². The quantitative estimate of drug-likeness (QED) is 0.880. The third-order valence-corrected chi connectivity index (χ3v) is 3.44. The van der Waals surface area contributed by atoms with Gasteiger partial charge in [0.15, 0.2) is 0 Å². The number of aryl methyl sites for hydroxylation is 2. The summed E-state index contributed by atoms with van der Waals surface area (Å²) in [5.74, 6) is -0.160. The molecule has 0 unspecified atom stereocenters. The molecule has 0 bridgehead atoms. The summed E-state index contributed by atoms with van der Waals surface area (Å²) >= 11 is 5.91. The zero-order valence-corrected chi connectivity index (χ0v) is 12.5. The summed E-state index contributed by atoms with van der Waals surface area (Å²) in [6.45, 7) is 4.38. The van der Waals surface area contributed by atoms with Crippen molar-refractivity contribution in [2.75, 3.05) is 0 Å². The predicted molar refractivity (Wildman–Crippen MR) is 77.7 cm³/mol. The summed E-state index contributed by atoms with van der Waals surface area (Å²) in [5.41, 5.74) is 3.37. The van der Waals surface area contributed by atoms with Crippen LogP contribution in [0, 0.1) is 6.92 Å². The maximum absolute atomic E-state index is 12.1. The normalized spacial score (nSPS) is 10.6. The highest BCUT2D eigenvalue weighted by Crippen LogP contribution is 2.12. The Bertz CT molecular complexity index is 636. The van der Waals surface area contributed by atoms with Gasteiger partial charge in [0.25, 0.3) is 5.91 Å². The van der Waals surface area contributed by atoms with Crippen LogP contribution in [0.3, 0.4) is 0 Å². The summed E-state index contributed by atoms with van der Waals surface area (Å²) in [4.78, 5) is 16.3. The molecule has 2 aromatic heterocycles. The van der Waals surface area contributed by atoms with E-state index in [0.717, 1.165) is 23.4 Å². The molecule has 2 heterocycles. The van der Waals surface area contributed by atoms with Crippen LogP contribution < -0.4 is 5.32 Å². The standard InChI is InChI=1S/C14H17ClN4O/c1-4-12-5-10(6-13(15)18-12)14(20)16-7-11-8-17-19(3)9(11)2/h5-6,8H,4,7H2,1-3H3,(H,16,20). The van der Waals surface area contributed by atoms with Gasteiger partial charge in [0, 0.05) is 36.1 Å². The number of carbonyl (C=O) groups excluding carboxylic acids is 1. The highest BCUT2D eigenvalue weighted by Gasteiger charge is 2.10. The van der Waals surface area contributed by atoms with Crippen molar-refractivity contribution in [3.8, 4) is 0 Å². The highest BCUT2D eigenvalue weighted by molar-refractivity contribution is 6.29. The molecule has 106 valence electrons. The molecule has 2 aromatic rings. The predicted octanol–water partition coefficient (Wildman–Crippen LogP) is 2.27. The SMILES string of the molecule is CCc1cc(C(=O)NCc2cnn(C)c2C)cc(Cl)n1. The van der Waals surface area contributed by atoms with E-state index in [1.807, 2.05) is 20.9 Å². The second-order valence-electron chi connectivity index (χ2n) is 4.58. The van der Waals surface area contributed by atoms with E-state index >= 15 is 0 Å². The third kappa shape index (κ3) is 3.17. The Kier molecular flexibility index (Phi) is 4.39. The molecule has 6 heteroatoms. The van der Waals surface area contributed by atoms with Gasteiger partial charge in [-0.2, -0.15) is 5.10 Å². The lowest BCUT2D eigenvalue weighted by atomic mass is 10.2. The lowest BCUT2D eigenvalue weighted by Crippen LogP contribution is -2.23. The number of amides is 1. The van der Waals surface area contributed by atoms with Crippen molar-refractivity contribution in [2.45, 2.75) is 26.8 Å². The molecule has 0 atom stereocenters. The van der Waals surface area contributed by atoms with Crippen LogP contribution in [0.5, 0.6) is 0 Å². The first-order valence-electron chi connectivity index (χ1n) is 6.43. The molecular formula is C14H17ClN4O. The van der Waals surface area contributed by atoms with Gasteiger partial charge >= 0.3 is 0 Å². The van der Waals surface area contributed by atoms with Crippen molar-refractivity contribution in [2.24, 2.45) is 7.05 Å². The van der Waals surface area contributed by atoms with Crippen LogP contribution in [0.2, 0.25) is 5.15 Å². The number of aromatic nitrogens is 3. The number of hydrogen-bond acceptors (Lipinski definition) is 3. The third-order valence-electron chi connectivity index (χ3n) is 3.25. The van der Waals surface area contributed by atoms with Crippen molar-refractivity contribution in [1.82, 2.24) is 20.1 Å². The molecule has 0 fully saturated rings. The lowest BCUT2D eigenvalue weighted by Gasteiger charge is -2.07. The van der Waals surface area contributed by atoms with Crippen LogP contribution >= 0.6 is 11.6 Å². The Morgan fingerprint density at radius 1 is 1.45 bits per heavy atom. The summed E-state index contributed by atoms with van der Waals surface area (Å²) < 4.78 is 1.78. The van der Waals surface area contributed by atoms with Gasteiger partial charge < -0.3 is 5.32 Å². The number of halogens is 1. The molecule has 0 aliphatic heterocycles. The zero-order chi connectivity index (χ0) is 14.7. The van der Waals surface area contributed by atoms with Crippen molar-refractivity contribution < 1.29 is 4.79 Å². The first kappa shape index (κ1) is 14.5. The number of rotatable bonds is 4. The van der Waals surface area contributed by atoms with Gasteiger partial charge in [-0.15, -0.1) is 0 Å². The molecule has 0 aliphatic rings. The number of pyridine rings is 1. The average molecular weight is 293 g/mol. The van der Waals surface area contributed by atoms with Crippen molar-refractivity contribution in [3.05, 3.63) is 46.0 Å². The van der Waals surface area contributed by atoms with Crippen LogP contribution in [0.4, 0.5) is 0 Å². The molecule has 5 nitrogen and oxygen atoms in total. The van der Waals surface area contributed by atoms with Gasteiger partial charge in [-0.1, -0.05) is 18.5 Å². The zero-order valence-electron chi connectivity index (χ0n) is 11.8. The van der Waals surface area contributed by atoms with E-state index in [2.05, 4.69) is 15.4 Å². The minimum absolute atomic E-state index is 0.160. The Morgan fingerprint density at radius 3 is 2.80 bits per heavy atom. The molecule has 20 heavy (non-hydrogen) atoms.